The van der Waals surface area contributed by atoms with Crippen LogP contribution in [0.1, 0.15) is 25.2 Å². The predicted molar refractivity (Wildman–Crippen MR) is 79.2 cm³/mol. The molecule has 1 N–H and O–H groups in total. The Balaban J connectivity index is 2.04. The molecule has 0 aliphatic heterocycles. The number of nitrogens with one attached hydrogen (secondary N) is 1. The molecule has 0 unspecified atom stereocenters. The van der Waals surface area contributed by atoms with Gasteiger partial charge in [0.15, 0.2) is 0 Å². The van der Waals surface area contributed by atoms with Crippen LogP contribution < -0.4 is 10.2 Å². The first-order chi connectivity index (χ1) is 9.56. The van der Waals surface area contributed by atoms with Crippen LogP contribution in [0.4, 0.5) is 10.1 Å². The van der Waals surface area contributed by atoms with Gasteiger partial charge < -0.3 is 14.6 Å². The third kappa shape index (κ3) is 3.84. The van der Waals surface area contributed by atoms with Gasteiger partial charge in [0.1, 0.15) is 11.6 Å². The molecule has 1 heterocycles. The molecule has 1 aromatic carbocycles. The molecule has 0 bridgehead atoms. The molecule has 20 heavy (non-hydrogen) atoms. The molecule has 0 saturated heterocycles. The average molecular weight is 276 g/mol. The third-order valence-electron chi connectivity index (χ3n) is 3.17. The van der Waals surface area contributed by atoms with Crippen LogP contribution in [0.2, 0.25) is 0 Å². The Bertz CT molecular complexity index is 551. The summed E-state index contributed by atoms with van der Waals surface area (Å²) in [6.07, 6.45) is 1.70. The largest absolute Gasteiger partial charge is 0.468 e. The number of furan rings is 1. The first-order valence-corrected chi connectivity index (χ1v) is 6.81. The van der Waals surface area contributed by atoms with Crippen molar-refractivity contribution in [2.45, 2.75) is 33.0 Å². The molecule has 0 atom stereocenters. The summed E-state index contributed by atoms with van der Waals surface area (Å²) in [7, 11) is 1.95. The predicted octanol–water partition coefficient (Wildman–Crippen LogP) is 3.55. The van der Waals surface area contributed by atoms with Gasteiger partial charge in [-0.1, -0.05) is 19.9 Å². The third-order valence-corrected chi connectivity index (χ3v) is 3.17. The number of benzene rings is 1. The van der Waals surface area contributed by atoms with Crippen molar-refractivity contribution in [3.63, 3.8) is 0 Å². The SMILES string of the molecule is CC(C)NCc1occc1CN(C)c1cccc(F)c1. The summed E-state index contributed by atoms with van der Waals surface area (Å²) >= 11 is 0. The van der Waals surface area contributed by atoms with E-state index >= 15 is 0 Å². The molecule has 0 spiro atoms. The van der Waals surface area contributed by atoms with E-state index < -0.39 is 0 Å². The van der Waals surface area contributed by atoms with Crippen LogP contribution in [-0.2, 0) is 13.1 Å². The van der Waals surface area contributed by atoms with Crippen molar-refractivity contribution in [1.29, 1.82) is 0 Å². The topological polar surface area (TPSA) is 28.4 Å². The fourth-order valence-corrected chi connectivity index (χ4v) is 2.02. The molecule has 0 aliphatic carbocycles. The van der Waals surface area contributed by atoms with E-state index in [1.165, 1.54) is 12.1 Å². The fraction of sp³-hybridized carbons (Fsp3) is 0.375. The van der Waals surface area contributed by atoms with Gasteiger partial charge in [0.05, 0.1) is 12.8 Å². The minimum absolute atomic E-state index is 0.219. The van der Waals surface area contributed by atoms with Crippen molar-refractivity contribution in [1.82, 2.24) is 5.32 Å². The molecular formula is C16H21FN2O. The number of halogens is 1. The van der Waals surface area contributed by atoms with Crippen molar-refractivity contribution >= 4 is 5.69 Å². The number of anilines is 1. The van der Waals surface area contributed by atoms with Gasteiger partial charge in [-0.25, -0.2) is 4.39 Å². The van der Waals surface area contributed by atoms with Crippen LogP contribution in [-0.4, -0.2) is 13.1 Å². The van der Waals surface area contributed by atoms with Gasteiger partial charge in [-0.2, -0.15) is 0 Å². The van der Waals surface area contributed by atoms with E-state index in [1.807, 2.05) is 24.1 Å². The summed E-state index contributed by atoms with van der Waals surface area (Å²) in [4.78, 5) is 2.01. The molecule has 2 aromatic rings. The molecule has 1 aromatic heterocycles. The first-order valence-electron chi connectivity index (χ1n) is 6.81. The minimum Gasteiger partial charge on any atom is -0.468 e. The van der Waals surface area contributed by atoms with Crippen LogP contribution in [0.5, 0.6) is 0 Å². The Morgan fingerprint density at radius 1 is 1.30 bits per heavy atom. The maximum absolute atomic E-state index is 13.2. The van der Waals surface area contributed by atoms with Crippen molar-refractivity contribution in [2.75, 3.05) is 11.9 Å². The second-order valence-electron chi connectivity index (χ2n) is 5.24. The lowest BCUT2D eigenvalue weighted by atomic mass is 10.2. The van der Waals surface area contributed by atoms with Gasteiger partial charge in [-0.05, 0) is 24.3 Å². The first kappa shape index (κ1) is 14.6. The van der Waals surface area contributed by atoms with Crippen LogP contribution in [0.25, 0.3) is 0 Å². The van der Waals surface area contributed by atoms with E-state index in [4.69, 9.17) is 4.42 Å². The average Bonchev–Trinajstić information content (AvgIpc) is 2.83. The van der Waals surface area contributed by atoms with Crippen LogP contribution in [0.15, 0.2) is 41.0 Å². The fourth-order valence-electron chi connectivity index (χ4n) is 2.02. The molecule has 2 rings (SSSR count). The maximum atomic E-state index is 13.2. The summed E-state index contributed by atoms with van der Waals surface area (Å²) < 4.78 is 18.8. The normalized spacial score (nSPS) is 11.1. The van der Waals surface area contributed by atoms with Crippen LogP contribution in [0.3, 0.4) is 0 Å². The lowest BCUT2D eigenvalue weighted by Gasteiger charge is -2.19. The highest BCUT2D eigenvalue weighted by Gasteiger charge is 2.10. The second kappa shape index (κ2) is 6.57. The zero-order chi connectivity index (χ0) is 14.5. The Labute approximate surface area is 119 Å². The highest BCUT2D eigenvalue weighted by Crippen LogP contribution is 2.19. The zero-order valence-corrected chi connectivity index (χ0v) is 12.2. The number of nitrogens with zero attached hydrogens (tertiary/aromatic N) is 1. The van der Waals surface area contributed by atoms with E-state index in [-0.39, 0.29) is 5.82 Å². The lowest BCUT2D eigenvalue weighted by molar-refractivity contribution is 0.460. The van der Waals surface area contributed by atoms with Crippen molar-refractivity contribution in [2.24, 2.45) is 0 Å². The number of rotatable bonds is 6. The zero-order valence-electron chi connectivity index (χ0n) is 12.2. The smallest absolute Gasteiger partial charge is 0.125 e. The van der Waals surface area contributed by atoms with Gasteiger partial charge in [-0.3, -0.25) is 0 Å². The van der Waals surface area contributed by atoms with E-state index in [1.54, 1.807) is 12.3 Å². The van der Waals surface area contributed by atoms with Gasteiger partial charge in [0, 0.05) is 30.9 Å². The minimum atomic E-state index is -0.219. The standard InChI is InChI=1S/C16H21FN2O/c1-12(2)18-10-16-13(7-8-20-16)11-19(3)15-6-4-5-14(17)9-15/h4-9,12,18H,10-11H2,1-3H3. The lowest BCUT2D eigenvalue weighted by Crippen LogP contribution is -2.23. The van der Waals surface area contributed by atoms with Crippen molar-refractivity contribution in [3.8, 4) is 0 Å². The molecule has 0 amide bonds. The van der Waals surface area contributed by atoms with E-state index in [9.17, 15) is 4.39 Å². The summed E-state index contributed by atoms with van der Waals surface area (Å²) in [6, 6.07) is 8.98. The molecule has 0 fully saturated rings. The molecule has 3 nitrogen and oxygen atoms in total. The summed E-state index contributed by atoms with van der Waals surface area (Å²) in [5, 5.41) is 3.34. The van der Waals surface area contributed by atoms with Gasteiger partial charge in [0.2, 0.25) is 0 Å². The van der Waals surface area contributed by atoms with Crippen LogP contribution in [0, 0.1) is 5.82 Å². The summed E-state index contributed by atoms with van der Waals surface area (Å²) in [6.45, 7) is 5.59. The van der Waals surface area contributed by atoms with E-state index in [2.05, 4.69) is 19.2 Å². The summed E-state index contributed by atoms with van der Waals surface area (Å²) in [5.41, 5.74) is 1.97. The van der Waals surface area contributed by atoms with Gasteiger partial charge >= 0.3 is 0 Å². The van der Waals surface area contributed by atoms with Crippen LogP contribution >= 0.6 is 0 Å². The van der Waals surface area contributed by atoms with Gasteiger partial charge in [0.25, 0.3) is 0 Å². The molecule has 4 heteroatoms. The Morgan fingerprint density at radius 2 is 2.10 bits per heavy atom. The second-order valence-corrected chi connectivity index (χ2v) is 5.24. The molecule has 0 radical (unpaired) electrons. The van der Waals surface area contributed by atoms with Crippen molar-refractivity contribution in [3.05, 3.63) is 53.7 Å². The maximum Gasteiger partial charge on any atom is 0.125 e. The Morgan fingerprint density at radius 3 is 2.80 bits per heavy atom. The highest BCUT2D eigenvalue weighted by atomic mass is 19.1. The van der Waals surface area contributed by atoms with Gasteiger partial charge in [-0.15, -0.1) is 0 Å². The number of hydrogen-bond donors (Lipinski definition) is 1. The molecular weight excluding hydrogens is 255 g/mol. The van der Waals surface area contributed by atoms with E-state index in [0.29, 0.717) is 19.1 Å². The summed E-state index contributed by atoms with van der Waals surface area (Å²) in [5.74, 6) is 0.713. The monoisotopic (exact) mass is 276 g/mol. The Kier molecular flexibility index (Phi) is 4.79. The highest BCUT2D eigenvalue weighted by molar-refractivity contribution is 5.46. The number of hydrogen-bond acceptors (Lipinski definition) is 3. The van der Waals surface area contributed by atoms with Crippen molar-refractivity contribution < 1.29 is 8.81 Å². The Hall–Kier alpha value is -1.81. The quantitative estimate of drug-likeness (QED) is 0.874. The van der Waals surface area contributed by atoms with E-state index in [0.717, 1.165) is 17.0 Å². The molecule has 0 saturated carbocycles. The molecule has 0 aliphatic rings. The molecule has 108 valence electrons.